The van der Waals surface area contributed by atoms with E-state index in [-0.39, 0.29) is 18.5 Å². The van der Waals surface area contributed by atoms with Crippen LogP contribution >= 0.6 is 0 Å². The summed E-state index contributed by atoms with van der Waals surface area (Å²) in [6.07, 6.45) is 0. The van der Waals surface area contributed by atoms with Crippen molar-refractivity contribution < 1.29 is 14.4 Å². The predicted octanol–water partition coefficient (Wildman–Crippen LogP) is 0.0759. The maximum absolute atomic E-state index is 10.8. The Morgan fingerprint density at radius 2 is 2.30 bits per heavy atom. The zero-order valence-electron chi connectivity index (χ0n) is 6.29. The molecule has 0 aliphatic carbocycles. The van der Waals surface area contributed by atoms with Gasteiger partial charge in [0.05, 0.1) is 19.1 Å². The summed E-state index contributed by atoms with van der Waals surface area (Å²) in [4.78, 5) is 15.0. The molecule has 10 heavy (non-hydrogen) atoms. The van der Waals surface area contributed by atoms with Crippen LogP contribution in [0.5, 0.6) is 0 Å². The zero-order chi connectivity index (χ0) is 7.98. The Balaban J connectivity index is 3.49. The first kappa shape index (κ1) is 9.39. The van der Waals surface area contributed by atoms with Crippen molar-refractivity contribution in [3.63, 3.8) is 0 Å². The third-order valence-corrected chi connectivity index (χ3v) is 1.04. The SMILES string of the molecule is CCOC(=O)C(C)CON. The number of ether oxygens (including phenoxy) is 1. The smallest absolute Gasteiger partial charge is 0.311 e. The highest BCUT2D eigenvalue weighted by Crippen LogP contribution is 1.96. The van der Waals surface area contributed by atoms with Crippen LogP contribution in [0.1, 0.15) is 13.8 Å². The van der Waals surface area contributed by atoms with Crippen molar-refractivity contribution in [3.05, 3.63) is 0 Å². The van der Waals surface area contributed by atoms with Gasteiger partial charge in [0.25, 0.3) is 0 Å². The van der Waals surface area contributed by atoms with Crippen LogP contribution in [-0.4, -0.2) is 19.2 Å². The maximum atomic E-state index is 10.8. The summed E-state index contributed by atoms with van der Waals surface area (Å²) in [6, 6.07) is 0. The molecule has 4 heteroatoms. The van der Waals surface area contributed by atoms with Gasteiger partial charge in [-0.25, -0.2) is 5.90 Å². The lowest BCUT2D eigenvalue weighted by molar-refractivity contribution is -0.149. The fraction of sp³-hybridized carbons (Fsp3) is 0.833. The second-order valence-corrected chi connectivity index (χ2v) is 1.99. The minimum atomic E-state index is -0.273. The Labute approximate surface area is 60.2 Å². The molecule has 0 aliphatic heterocycles. The van der Waals surface area contributed by atoms with Crippen LogP contribution in [-0.2, 0) is 14.4 Å². The largest absolute Gasteiger partial charge is 0.466 e. The number of esters is 1. The Morgan fingerprint density at radius 1 is 1.70 bits per heavy atom. The highest BCUT2D eigenvalue weighted by Gasteiger charge is 2.12. The van der Waals surface area contributed by atoms with E-state index in [1.807, 2.05) is 0 Å². The molecule has 60 valence electrons. The number of rotatable bonds is 4. The molecule has 2 N–H and O–H groups in total. The van der Waals surface area contributed by atoms with Gasteiger partial charge in [0.15, 0.2) is 0 Å². The molecule has 0 fully saturated rings. The van der Waals surface area contributed by atoms with Crippen molar-refractivity contribution >= 4 is 5.97 Å². The molecule has 0 aromatic rings. The molecular weight excluding hydrogens is 134 g/mol. The van der Waals surface area contributed by atoms with Crippen LogP contribution in [0.15, 0.2) is 0 Å². The minimum absolute atomic E-state index is 0.207. The molecule has 0 bridgehead atoms. The maximum Gasteiger partial charge on any atom is 0.311 e. The van der Waals surface area contributed by atoms with E-state index in [4.69, 9.17) is 5.90 Å². The molecule has 0 spiro atoms. The van der Waals surface area contributed by atoms with Crippen molar-refractivity contribution in [2.45, 2.75) is 13.8 Å². The Morgan fingerprint density at radius 3 is 2.70 bits per heavy atom. The summed E-state index contributed by atoms with van der Waals surface area (Å²) in [5.41, 5.74) is 0. The third kappa shape index (κ3) is 3.42. The standard InChI is InChI=1S/C6H13NO3/c1-3-9-6(8)5(2)4-10-7/h5H,3-4,7H2,1-2H3. The van der Waals surface area contributed by atoms with Crippen LogP contribution < -0.4 is 5.90 Å². The average molecular weight is 147 g/mol. The van der Waals surface area contributed by atoms with Gasteiger partial charge in [-0.3, -0.25) is 4.79 Å². The molecule has 1 atom stereocenters. The Hall–Kier alpha value is -0.610. The lowest BCUT2D eigenvalue weighted by Crippen LogP contribution is -2.21. The number of hydrogen-bond donors (Lipinski definition) is 1. The number of nitrogens with two attached hydrogens (primary N) is 1. The van der Waals surface area contributed by atoms with Gasteiger partial charge in [0, 0.05) is 0 Å². The first-order valence-electron chi connectivity index (χ1n) is 3.20. The number of carbonyl (C=O) groups is 1. The molecular formula is C6H13NO3. The molecule has 0 aromatic carbocycles. The molecule has 0 radical (unpaired) electrons. The van der Waals surface area contributed by atoms with E-state index in [0.29, 0.717) is 6.61 Å². The van der Waals surface area contributed by atoms with Gasteiger partial charge in [0.2, 0.25) is 0 Å². The summed E-state index contributed by atoms with van der Waals surface area (Å²) < 4.78 is 4.68. The molecule has 0 saturated heterocycles. The van der Waals surface area contributed by atoms with Gasteiger partial charge in [-0.1, -0.05) is 0 Å². The molecule has 4 nitrogen and oxygen atoms in total. The Kier molecular flexibility index (Phi) is 4.88. The van der Waals surface area contributed by atoms with Crippen molar-refractivity contribution in [1.29, 1.82) is 0 Å². The van der Waals surface area contributed by atoms with E-state index in [0.717, 1.165) is 0 Å². The van der Waals surface area contributed by atoms with E-state index < -0.39 is 0 Å². The van der Waals surface area contributed by atoms with Crippen molar-refractivity contribution in [3.8, 4) is 0 Å². The minimum Gasteiger partial charge on any atom is -0.466 e. The summed E-state index contributed by atoms with van der Waals surface area (Å²) in [7, 11) is 0. The second-order valence-electron chi connectivity index (χ2n) is 1.99. The van der Waals surface area contributed by atoms with Crippen molar-refractivity contribution in [1.82, 2.24) is 0 Å². The van der Waals surface area contributed by atoms with E-state index in [1.165, 1.54) is 0 Å². The van der Waals surface area contributed by atoms with Crippen LogP contribution in [0.2, 0.25) is 0 Å². The van der Waals surface area contributed by atoms with E-state index in [9.17, 15) is 4.79 Å². The number of carbonyl (C=O) groups excluding carboxylic acids is 1. The molecule has 0 saturated carbocycles. The van der Waals surface area contributed by atoms with Crippen LogP contribution in [0, 0.1) is 5.92 Å². The van der Waals surface area contributed by atoms with Gasteiger partial charge in [-0.2, -0.15) is 0 Å². The highest BCUT2D eigenvalue weighted by atomic mass is 16.6. The van der Waals surface area contributed by atoms with E-state index in [1.54, 1.807) is 13.8 Å². The molecule has 0 rings (SSSR count). The summed E-state index contributed by atoms with van der Waals surface area (Å²) >= 11 is 0. The molecule has 0 amide bonds. The summed E-state index contributed by atoms with van der Waals surface area (Å²) in [5, 5.41) is 0. The molecule has 0 heterocycles. The summed E-state index contributed by atoms with van der Waals surface area (Å²) in [6.45, 7) is 4.06. The van der Waals surface area contributed by atoms with Crippen molar-refractivity contribution in [2.24, 2.45) is 11.8 Å². The highest BCUT2D eigenvalue weighted by molar-refractivity contribution is 5.72. The van der Waals surface area contributed by atoms with Crippen LogP contribution in [0.3, 0.4) is 0 Å². The second kappa shape index (κ2) is 5.20. The van der Waals surface area contributed by atoms with E-state index >= 15 is 0 Å². The predicted molar refractivity (Wildman–Crippen MR) is 35.9 cm³/mol. The average Bonchev–Trinajstić information content (AvgIpc) is 1.89. The lowest BCUT2D eigenvalue weighted by Gasteiger charge is -2.07. The van der Waals surface area contributed by atoms with Crippen LogP contribution in [0.25, 0.3) is 0 Å². The van der Waals surface area contributed by atoms with Crippen molar-refractivity contribution in [2.75, 3.05) is 13.2 Å². The zero-order valence-corrected chi connectivity index (χ0v) is 6.29. The summed E-state index contributed by atoms with van der Waals surface area (Å²) in [5.74, 6) is 4.21. The molecule has 0 aromatic heterocycles. The third-order valence-electron chi connectivity index (χ3n) is 1.04. The topological polar surface area (TPSA) is 61.5 Å². The van der Waals surface area contributed by atoms with Gasteiger partial charge >= 0.3 is 5.97 Å². The quantitative estimate of drug-likeness (QED) is 0.451. The first-order chi connectivity index (χ1) is 4.72. The normalized spacial score (nSPS) is 12.7. The molecule has 0 aliphatic rings. The van der Waals surface area contributed by atoms with Gasteiger partial charge < -0.3 is 9.57 Å². The van der Waals surface area contributed by atoms with Gasteiger partial charge in [-0.15, -0.1) is 0 Å². The molecule has 1 unspecified atom stereocenters. The first-order valence-corrected chi connectivity index (χ1v) is 3.20. The van der Waals surface area contributed by atoms with Gasteiger partial charge in [-0.05, 0) is 13.8 Å². The number of hydrogen-bond acceptors (Lipinski definition) is 4. The fourth-order valence-corrected chi connectivity index (χ4v) is 0.497. The fourth-order valence-electron chi connectivity index (χ4n) is 0.497. The van der Waals surface area contributed by atoms with E-state index in [2.05, 4.69) is 9.57 Å². The van der Waals surface area contributed by atoms with Crippen LogP contribution in [0.4, 0.5) is 0 Å². The monoisotopic (exact) mass is 147 g/mol. The lowest BCUT2D eigenvalue weighted by atomic mass is 10.2. The Bertz CT molecular complexity index is 105. The van der Waals surface area contributed by atoms with Gasteiger partial charge in [0.1, 0.15) is 0 Å².